The van der Waals surface area contributed by atoms with E-state index in [1.54, 1.807) is 0 Å². The topological polar surface area (TPSA) is 24.7 Å². The molecule has 0 fully saturated rings. The van der Waals surface area contributed by atoms with Gasteiger partial charge in [-0.15, -0.1) is 0 Å². The molecule has 1 heterocycles. The molecule has 1 aromatic carbocycles. The van der Waals surface area contributed by atoms with Crippen LogP contribution in [-0.4, -0.2) is 5.54 Å². The minimum Gasteiger partial charge on any atom is -0.273 e. The summed E-state index contributed by atoms with van der Waals surface area (Å²) in [7, 11) is 0. The van der Waals surface area contributed by atoms with E-state index < -0.39 is 0 Å². The van der Waals surface area contributed by atoms with Crippen LogP contribution >= 0.6 is 0 Å². The van der Waals surface area contributed by atoms with E-state index in [0.29, 0.717) is 11.8 Å². The summed E-state index contributed by atoms with van der Waals surface area (Å²) >= 11 is 0. The average Bonchev–Trinajstić information content (AvgIpc) is 2.39. The number of hydrogen-bond acceptors (Lipinski definition) is 2. The Hall–Kier alpha value is -1.44. The van der Waals surface area contributed by atoms with Crippen LogP contribution in [0.5, 0.6) is 0 Å². The van der Waals surface area contributed by atoms with Crippen molar-refractivity contribution in [2.24, 2.45) is 9.98 Å². The summed E-state index contributed by atoms with van der Waals surface area (Å²) in [6, 6.07) is 4.48. The second-order valence-corrected chi connectivity index (χ2v) is 6.21. The summed E-state index contributed by atoms with van der Waals surface area (Å²) in [6.45, 7) is 10.9. The van der Waals surface area contributed by atoms with E-state index in [4.69, 9.17) is 9.98 Å². The first kappa shape index (κ1) is 11.6. The molecule has 0 bridgehead atoms. The first-order valence-electron chi connectivity index (χ1n) is 6.69. The van der Waals surface area contributed by atoms with Crippen molar-refractivity contribution < 1.29 is 0 Å². The molecule has 3 rings (SSSR count). The zero-order chi connectivity index (χ0) is 13.1. The van der Waals surface area contributed by atoms with Gasteiger partial charge in [0.25, 0.3) is 0 Å². The molecule has 0 amide bonds. The lowest BCUT2D eigenvalue weighted by atomic mass is 9.70. The second kappa shape index (κ2) is 3.53. The Bertz CT molecular complexity index is 665. The molecule has 18 heavy (non-hydrogen) atoms. The molecule has 1 aromatic rings. The van der Waals surface area contributed by atoms with Crippen LogP contribution in [0.4, 0.5) is 0 Å². The maximum absolute atomic E-state index is 4.85. The second-order valence-electron chi connectivity index (χ2n) is 6.21. The van der Waals surface area contributed by atoms with Gasteiger partial charge in [0, 0.05) is 5.70 Å². The van der Waals surface area contributed by atoms with Gasteiger partial charge in [-0.1, -0.05) is 13.8 Å². The van der Waals surface area contributed by atoms with E-state index in [1.807, 2.05) is 0 Å². The molecule has 2 nitrogen and oxygen atoms in total. The van der Waals surface area contributed by atoms with E-state index in [9.17, 15) is 0 Å². The van der Waals surface area contributed by atoms with Crippen LogP contribution in [0.25, 0.3) is 0 Å². The summed E-state index contributed by atoms with van der Waals surface area (Å²) in [5, 5.41) is 2.08. The van der Waals surface area contributed by atoms with Gasteiger partial charge in [-0.05, 0) is 61.9 Å². The fourth-order valence-electron chi connectivity index (χ4n) is 3.10. The molecule has 0 aromatic heterocycles. The highest BCUT2D eigenvalue weighted by atomic mass is 14.9. The minimum absolute atomic E-state index is 0.161. The van der Waals surface area contributed by atoms with Crippen molar-refractivity contribution in [1.82, 2.24) is 0 Å². The summed E-state index contributed by atoms with van der Waals surface area (Å²) in [6.07, 6.45) is 2.14. The van der Waals surface area contributed by atoms with Gasteiger partial charge < -0.3 is 0 Å². The van der Waals surface area contributed by atoms with Crippen LogP contribution in [0.3, 0.4) is 0 Å². The quantitative estimate of drug-likeness (QED) is 0.666. The third-order valence-corrected chi connectivity index (χ3v) is 4.18. The standard InChI is InChI=1S/C16H20N2/c1-9-8-16(4,5)18-15-7-13-11(3)10(2)12(13)6-14(15)17-9/h6-8,10-11H,1-5H3. The highest BCUT2D eigenvalue weighted by molar-refractivity contribution is 5.43. The van der Waals surface area contributed by atoms with E-state index >= 15 is 0 Å². The minimum atomic E-state index is -0.161. The van der Waals surface area contributed by atoms with Crippen molar-refractivity contribution in [2.75, 3.05) is 0 Å². The molecule has 0 saturated heterocycles. The lowest BCUT2D eigenvalue weighted by molar-refractivity contribution is 0.538. The van der Waals surface area contributed by atoms with E-state index in [2.05, 4.69) is 52.8 Å². The average molecular weight is 240 g/mol. The number of nitrogens with zero attached hydrogens (tertiary/aromatic N) is 2. The molecule has 0 saturated carbocycles. The van der Waals surface area contributed by atoms with E-state index in [-0.39, 0.29) is 5.54 Å². The first-order chi connectivity index (χ1) is 8.37. The van der Waals surface area contributed by atoms with Crippen molar-refractivity contribution in [3.05, 3.63) is 45.7 Å². The number of hydrogen-bond donors (Lipinski definition) is 0. The van der Waals surface area contributed by atoms with Gasteiger partial charge in [0.05, 0.1) is 16.3 Å². The Labute approximate surface area is 108 Å². The molecular formula is C16H20N2. The van der Waals surface area contributed by atoms with Gasteiger partial charge in [-0.3, -0.25) is 9.98 Å². The fraction of sp³-hybridized carbons (Fsp3) is 0.500. The summed E-state index contributed by atoms with van der Waals surface area (Å²) in [5.74, 6) is 1.31. The highest BCUT2D eigenvalue weighted by Crippen LogP contribution is 2.44. The summed E-state index contributed by atoms with van der Waals surface area (Å²) < 4.78 is 0. The third kappa shape index (κ3) is 1.63. The monoisotopic (exact) mass is 240 g/mol. The van der Waals surface area contributed by atoms with E-state index in [0.717, 1.165) is 16.4 Å². The first-order valence-corrected chi connectivity index (χ1v) is 6.69. The van der Waals surface area contributed by atoms with Crippen LogP contribution in [0.2, 0.25) is 0 Å². The summed E-state index contributed by atoms with van der Waals surface area (Å²) in [5.41, 5.74) is 3.80. The Morgan fingerprint density at radius 2 is 1.56 bits per heavy atom. The Morgan fingerprint density at radius 1 is 1.00 bits per heavy atom. The van der Waals surface area contributed by atoms with Gasteiger partial charge in [-0.25, -0.2) is 0 Å². The molecule has 2 atom stereocenters. The van der Waals surface area contributed by atoms with Crippen molar-refractivity contribution >= 4 is 0 Å². The smallest absolute Gasteiger partial charge is 0.0888 e. The zero-order valence-electron chi connectivity index (χ0n) is 11.8. The molecule has 0 N–H and O–H groups in total. The third-order valence-electron chi connectivity index (χ3n) is 4.18. The Morgan fingerprint density at radius 3 is 2.17 bits per heavy atom. The fourth-order valence-corrected chi connectivity index (χ4v) is 3.10. The number of benzene rings is 1. The number of allylic oxidation sites excluding steroid dienone is 1. The number of fused-ring (bicyclic) bond motifs is 2. The van der Waals surface area contributed by atoms with Gasteiger partial charge in [-0.2, -0.15) is 0 Å². The maximum Gasteiger partial charge on any atom is 0.0888 e. The largest absolute Gasteiger partial charge is 0.273 e. The van der Waals surface area contributed by atoms with Gasteiger partial charge in [0.15, 0.2) is 0 Å². The van der Waals surface area contributed by atoms with Gasteiger partial charge in [0.2, 0.25) is 0 Å². The van der Waals surface area contributed by atoms with Crippen LogP contribution < -0.4 is 10.7 Å². The van der Waals surface area contributed by atoms with Crippen molar-refractivity contribution in [3.8, 4) is 0 Å². The highest BCUT2D eigenvalue weighted by Gasteiger charge is 2.31. The molecule has 2 aliphatic rings. The number of rotatable bonds is 0. The van der Waals surface area contributed by atoms with Crippen molar-refractivity contribution in [2.45, 2.75) is 52.0 Å². The normalized spacial score (nSPS) is 27.7. The van der Waals surface area contributed by atoms with Crippen LogP contribution in [0.15, 0.2) is 33.9 Å². The molecule has 0 radical (unpaired) electrons. The maximum atomic E-state index is 4.85. The molecular weight excluding hydrogens is 220 g/mol. The van der Waals surface area contributed by atoms with Crippen molar-refractivity contribution in [1.29, 1.82) is 0 Å². The van der Waals surface area contributed by atoms with Gasteiger partial charge >= 0.3 is 0 Å². The molecule has 0 spiro atoms. The molecule has 1 aliphatic heterocycles. The molecule has 2 unspecified atom stereocenters. The predicted molar refractivity (Wildman–Crippen MR) is 73.4 cm³/mol. The SMILES string of the molecule is CC1=CC(C)(C)N=c2cc3c(cc2=N1)C(C)C3C. The Kier molecular flexibility index (Phi) is 2.28. The van der Waals surface area contributed by atoms with Crippen LogP contribution in [-0.2, 0) is 0 Å². The Balaban J connectivity index is 2.31. The molecule has 2 heteroatoms. The summed E-state index contributed by atoms with van der Waals surface area (Å²) in [4.78, 5) is 9.54. The van der Waals surface area contributed by atoms with Crippen molar-refractivity contribution in [3.63, 3.8) is 0 Å². The lowest BCUT2D eigenvalue weighted by Crippen LogP contribution is -2.34. The zero-order valence-corrected chi connectivity index (χ0v) is 11.8. The van der Waals surface area contributed by atoms with E-state index in [1.165, 1.54) is 11.1 Å². The predicted octanol–water partition coefficient (Wildman–Crippen LogP) is 2.84. The lowest BCUT2D eigenvalue weighted by Gasteiger charge is -2.34. The van der Waals surface area contributed by atoms with Gasteiger partial charge in [0.1, 0.15) is 0 Å². The molecule has 94 valence electrons. The van der Waals surface area contributed by atoms with Crippen LogP contribution in [0.1, 0.15) is 57.6 Å². The molecule has 1 aliphatic carbocycles. The van der Waals surface area contributed by atoms with Crippen LogP contribution in [0, 0.1) is 0 Å².